The van der Waals surface area contributed by atoms with E-state index in [2.05, 4.69) is 0 Å². The molecule has 0 unspecified atom stereocenters. The first-order valence-electron chi connectivity index (χ1n) is 4.79. The summed E-state index contributed by atoms with van der Waals surface area (Å²) in [6.45, 7) is 1.91. The van der Waals surface area contributed by atoms with Gasteiger partial charge in [-0.15, -0.1) is 0 Å². The molecule has 0 aliphatic heterocycles. The highest BCUT2D eigenvalue weighted by Gasteiger charge is 2.09. The zero-order valence-electron chi connectivity index (χ0n) is 8.60. The highest BCUT2D eigenvalue weighted by Crippen LogP contribution is 2.32. The number of aryl methyl sites for hydroxylation is 1. The van der Waals surface area contributed by atoms with Crippen LogP contribution in [-0.4, -0.2) is 0 Å². The molecule has 16 heavy (non-hydrogen) atoms. The third-order valence-corrected chi connectivity index (χ3v) is 2.89. The summed E-state index contributed by atoms with van der Waals surface area (Å²) in [5.74, 6) is -0.283. The molecule has 0 spiro atoms. The zero-order chi connectivity index (χ0) is 11.7. The van der Waals surface area contributed by atoms with Gasteiger partial charge < -0.3 is 0 Å². The molecule has 2 rings (SSSR count). The number of benzene rings is 2. The van der Waals surface area contributed by atoms with Crippen LogP contribution in [0.15, 0.2) is 36.4 Å². The van der Waals surface area contributed by atoms with E-state index in [1.807, 2.05) is 6.92 Å². The predicted molar refractivity (Wildman–Crippen MR) is 66.6 cm³/mol. The third-order valence-electron chi connectivity index (χ3n) is 2.34. The van der Waals surface area contributed by atoms with Crippen LogP contribution in [0.3, 0.4) is 0 Å². The van der Waals surface area contributed by atoms with Crippen molar-refractivity contribution >= 4 is 23.2 Å². The van der Waals surface area contributed by atoms with Crippen molar-refractivity contribution in [3.8, 4) is 11.1 Å². The summed E-state index contributed by atoms with van der Waals surface area (Å²) in [5.41, 5.74) is 2.15. The van der Waals surface area contributed by atoms with Crippen LogP contribution in [-0.2, 0) is 0 Å². The fourth-order valence-corrected chi connectivity index (χ4v) is 2.06. The van der Waals surface area contributed by atoms with Crippen LogP contribution in [0, 0.1) is 12.7 Å². The standard InChI is InChI=1S/C13H9Cl2F/c1-8-2-5-13(16)11(6-8)10-4-3-9(14)7-12(10)15/h2-7H,1H3. The van der Waals surface area contributed by atoms with E-state index in [-0.39, 0.29) is 5.82 Å². The molecule has 0 heterocycles. The van der Waals surface area contributed by atoms with E-state index in [9.17, 15) is 4.39 Å². The zero-order valence-corrected chi connectivity index (χ0v) is 10.1. The Bertz CT molecular complexity index is 535. The lowest BCUT2D eigenvalue weighted by atomic mass is 10.0. The van der Waals surface area contributed by atoms with Gasteiger partial charge in [0, 0.05) is 21.2 Å². The minimum Gasteiger partial charge on any atom is -0.206 e. The van der Waals surface area contributed by atoms with Crippen molar-refractivity contribution in [2.24, 2.45) is 0 Å². The smallest absolute Gasteiger partial charge is 0.131 e. The first-order chi connectivity index (χ1) is 7.58. The van der Waals surface area contributed by atoms with E-state index in [1.54, 1.807) is 30.3 Å². The molecule has 0 fully saturated rings. The van der Waals surface area contributed by atoms with E-state index >= 15 is 0 Å². The average Bonchev–Trinajstić information content (AvgIpc) is 2.22. The average molecular weight is 255 g/mol. The second-order valence-electron chi connectivity index (χ2n) is 3.61. The summed E-state index contributed by atoms with van der Waals surface area (Å²) in [7, 11) is 0. The molecule has 3 heteroatoms. The van der Waals surface area contributed by atoms with Gasteiger partial charge in [0.2, 0.25) is 0 Å². The Morgan fingerprint density at radius 1 is 0.938 bits per heavy atom. The van der Waals surface area contributed by atoms with E-state index in [0.29, 0.717) is 21.2 Å². The van der Waals surface area contributed by atoms with Gasteiger partial charge in [-0.3, -0.25) is 0 Å². The summed E-state index contributed by atoms with van der Waals surface area (Å²) >= 11 is 11.8. The second kappa shape index (κ2) is 4.44. The van der Waals surface area contributed by atoms with E-state index in [4.69, 9.17) is 23.2 Å². The van der Waals surface area contributed by atoms with Crippen molar-refractivity contribution in [2.75, 3.05) is 0 Å². The Labute approximate surface area is 104 Å². The van der Waals surface area contributed by atoms with E-state index < -0.39 is 0 Å². The van der Waals surface area contributed by atoms with Gasteiger partial charge in [0.15, 0.2) is 0 Å². The molecule has 0 nitrogen and oxygen atoms in total. The molecule has 0 saturated heterocycles. The van der Waals surface area contributed by atoms with Gasteiger partial charge in [0.05, 0.1) is 0 Å². The Morgan fingerprint density at radius 2 is 1.69 bits per heavy atom. The minimum atomic E-state index is -0.283. The van der Waals surface area contributed by atoms with Crippen LogP contribution in [0.1, 0.15) is 5.56 Å². The highest BCUT2D eigenvalue weighted by molar-refractivity contribution is 6.36. The topological polar surface area (TPSA) is 0 Å². The normalized spacial score (nSPS) is 10.5. The maximum Gasteiger partial charge on any atom is 0.131 e. The van der Waals surface area contributed by atoms with Gasteiger partial charge in [-0.1, -0.05) is 40.9 Å². The molecule has 2 aromatic rings. The van der Waals surface area contributed by atoms with Gasteiger partial charge in [-0.2, -0.15) is 0 Å². The molecule has 0 radical (unpaired) electrons. The van der Waals surface area contributed by atoms with Crippen molar-refractivity contribution in [3.63, 3.8) is 0 Å². The summed E-state index contributed by atoms with van der Waals surface area (Å²) in [4.78, 5) is 0. The summed E-state index contributed by atoms with van der Waals surface area (Å²) in [6, 6.07) is 9.97. The Hall–Kier alpha value is -1.05. The molecule has 0 atom stereocenters. The molecule has 0 aromatic heterocycles. The lowest BCUT2D eigenvalue weighted by Gasteiger charge is -2.07. The number of hydrogen-bond acceptors (Lipinski definition) is 0. The monoisotopic (exact) mass is 254 g/mol. The quantitative estimate of drug-likeness (QED) is 0.664. The van der Waals surface area contributed by atoms with Crippen LogP contribution in [0.4, 0.5) is 4.39 Å². The molecule has 0 aliphatic carbocycles. The minimum absolute atomic E-state index is 0.283. The van der Waals surface area contributed by atoms with Crippen molar-refractivity contribution in [1.29, 1.82) is 0 Å². The van der Waals surface area contributed by atoms with E-state index in [0.717, 1.165) is 5.56 Å². The largest absolute Gasteiger partial charge is 0.206 e. The summed E-state index contributed by atoms with van der Waals surface area (Å²) in [6.07, 6.45) is 0. The van der Waals surface area contributed by atoms with Gasteiger partial charge in [0.1, 0.15) is 5.82 Å². The Morgan fingerprint density at radius 3 is 2.38 bits per heavy atom. The maximum absolute atomic E-state index is 13.6. The van der Waals surface area contributed by atoms with Crippen molar-refractivity contribution in [2.45, 2.75) is 6.92 Å². The first-order valence-corrected chi connectivity index (χ1v) is 5.55. The molecule has 0 aliphatic rings. The fraction of sp³-hybridized carbons (Fsp3) is 0.0769. The van der Waals surface area contributed by atoms with Crippen molar-refractivity contribution < 1.29 is 4.39 Å². The van der Waals surface area contributed by atoms with Gasteiger partial charge in [-0.25, -0.2) is 4.39 Å². The lowest BCUT2D eigenvalue weighted by molar-refractivity contribution is 0.631. The Kier molecular flexibility index (Phi) is 3.17. The van der Waals surface area contributed by atoms with Crippen LogP contribution < -0.4 is 0 Å². The van der Waals surface area contributed by atoms with Crippen molar-refractivity contribution in [3.05, 3.63) is 57.8 Å². The molecule has 0 N–H and O–H groups in total. The second-order valence-corrected chi connectivity index (χ2v) is 4.45. The Balaban J connectivity index is 2.62. The molecular formula is C13H9Cl2F. The molecule has 0 bridgehead atoms. The first kappa shape index (κ1) is 11.4. The van der Waals surface area contributed by atoms with Crippen molar-refractivity contribution in [1.82, 2.24) is 0 Å². The number of hydrogen-bond donors (Lipinski definition) is 0. The highest BCUT2D eigenvalue weighted by atomic mass is 35.5. The third kappa shape index (κ3) is 2.21. The lowest BCUT2D eigenvalue weighted by Crippen LogP contribution is -1.86. The molecule has 2 aromatic carbocycles. The molecule has 0 saturated carbocycles. The summed E-state index contributed by atoms with van der Waals surface area (Å²) in [5, 5.41) is 0.999. The van der Waals surface area contributed by atoms with Crippen LogP contribution in [0.5, 0.6) is 0 Å². The number of halogens is 3. The van der Waals surface area contributed by atoms with Gasteiger partial charge in [-0.05, 0) is 31.2 Å². The molecular weight excluding hydrogens is 246 g/mol. The van der Waals surface area contributed by atoms with Gasteiger partial charge >= 0.3 is 0 Å². The van der Waals surface area contributed by atoms with Crippen LogP contribution in [0.25, 0.3) is 11.1 Å². The molecule has 82 valence electrons. The fourth-order valence-electron chi connectivity index (χ4n) is 1.55. The van der Waals surface area contributed by atoms with Crippen LogP contribution >= 0.6 is 23.2 Å². The summed E-state index contributed by atoms with van der Waals surface area (Å²) < 4.78 is 13.6. The number of rotatable bonds is 1. The predicted octanol–water partition coefficient (Wildman–Crippen LogP) is 5.11. The van der Waals surface area contributed by atoms with E-state index in [1.165, 1.54) is 6.07 Å². The molecule has 0 amide bonds. The maximum atomic E-state index is 13.6. The van der Waals surface area contributed by atoms with Gasteiger partial charge in [0.25, 0.3) is 0 Å². The van der Waals surface area contributed by atoms with Crippen LogP contribution in [0.2, 0.25) is 10.0 Å². The SMILES string of the molecule is Cc1ccc(F)c(-c2ccc(Cl)cc2Cl)c1.